The molecule has 0 saturated heterocycles. The van der Waals surface area contributed by atoms with Crippen molar-refractivity contribution in [1.29, 1.82) is 0 Å². The van der Waals surface area contributed by atoms with Crippen molar-refractivity contribution in [3.63, 3.8) is 0 Å². The molecule has 0 unspecified atom stereocenters. The second-order valence-electron chi connectivity index (χ2n) is 3.97. The van der Waals surface area contributed by atoms with Crippen LogP contribution in [0.15, 0.2) is 34.0 Å². The van der Waals surface area contributed by atoms with Crippen molar-refractivity contribution in [1.82, 2.24) is 20.2 Å². The van der Waals surface area contributed by atoms with Gasteiger partial charge in [0.25, 0.3) is 0 Å². The lowest BCUT2D eigenvalue weighted by Crippen LogP contribution is -2.25. The van der Waals surface area contributed by atoms with Crippen LogP contribution in [0, 0.1) is 5.82 Å². The quantitative estimate of drug-likeness (QED) is 0.802. The Balaban J connectivity index is 2.21. The highest BCUT2D eigenvalue weighted by atomic mass is 32.2. The van der Waals surface area contributed by atoms with Crippen LogP contribution >= 0.6 is 0 Å². The molecule has 1 aromatic heterocycles. The van der Waals surface area contributed by atoms with Gasteiger partial charge in [-0.25, -0.2) is 17.5 Å². The van der Waals surface area contributed by atoms with E-state index < -0.39 is 20.7 Å². The fourth-order valence-corrected chi connectivity index (χ4v) is 2.68. The van der Waals surface area contributed by atoms with E-state index in [4.69, 9.17) is 0 Å². The van der Waals surface area contributed by atoms with Crippen LogP contribution in [-0.4, -0.2) is 25.6 Å². The highest BCUT2D eigenvalue weighted by Gasteiger charge is 2.20. The molecule has 0 aliphatic carbocycles. The molecule has 0 saturated carbocycles. The predicted octanol–water partition coefficient (Wildman–Crippen LogP) is 0.407. The van der Waals surface area contributed by atoms with Crippen LogP contribution in [0.5, 0.6) is 0 Å². The molecule has 2 N–H and O–H groups in total. The summed E-state index contributed by atoms with van der Waals surface area (Å²) in [6.45, 7) is 0.266. The fourth-order valence-electron chi connectivity index (χ4n) is 1.58. The van der Waals surface area contributed by atoms with E-state index in [0.29, 0.717) is 12.1 Å². The van der Waals surface area contributed by atoms with Crippen molar-refractivity contribution < 1.29 is 17.3 Å². The van der Waals surface area contributed by atoms with Gasteiger partial charge < -0.3 is 9.84 Å². The smallest absolute Gasteiger partial charge is 0.243 e. The van der Waals surface area contributed by atoms with E-state index in [-0.39, 0.29) is 12.4 Å². The molecule has 0 aliphatic heterocycles. The minimum atomic E-state index is -3.98. The van der Waals surface area contributed by atoms with Gasteiger partial charge in [0.2, 0.25) is 16.4 Å². The van der Waals surface area contributed by atoms with Gasteiger partial charge in [0, 0.05) is 6.54 Å². The van der Waals surface area contributed by atoms with Crippen LogP contribution in [0.4, 0.5) is 4.39 Å². The van der Waals surface area contributed by atoms with Gasteiger partial charge >= 0.3 is 0 Å². The Labute approximate surface area is 115 Å². The van der Waals surface area contributed by atoms with Gasteiger partial charge in [-0.05, 0) is 24.7 Å². The SMILES string of the molecule is CNCc1ccc(F)c(S(=O)(=O)NCc2ncon2)c1. The van der Waals surface area contributed by atoms with E-state index in [1.807, 2.05) is 0 Å². The van der Waals surface area contributed by atoms with Crippen LogP contribution in [0.1, 0.15) is 11.4 Å². The van der Waals surface area contributed by atoms with Crippen LogP contribution in [0.3, 0.4) is 0 Å². The predicted molar refractivity (Wildman–Crippen MR) is 67.5 cm³/mol. The second kappa shape index (κ2) is 6.07. The summed E-state index contributed by atoms with van der Waals surface area (Å²) < 4.78 is 44.5. The minimum Gasteiger partial charge on any atom is -0.343 e. The maximum atomic E-state index is 13.7. The molecule has 1 heterocycles. The summed E-state index contributed by atoms with van der Waals surface area (Å²) in [6.07, 6.45) is 1.08. The highest BCUT2D eigenvalue weighted by Crippen LogP contribution is 2.16. The highest BCUT2D eigenvalue weighted by molar-refractivity contribution is 7.89. The Morgan fingerprint density at radius 1 is 1.35 bits per heavy atom. The van der Waals surface area contributed by atoms with Crippen LogP contribution in [-0.2, 0) is 23.1 Å². The van der Waals surface area contributed by atoms with Gasteiger partial charge in [0.1, 0.15) is 10.7 Å². The van der Waals surface area contributed by atoms with Gasteiger partial charge in [0.15, 0.2) is 5.82 Å². The summed E-state index contributed by atoms with van der Waals surface area (Å²) in [5.41, 5.74) is 0.661. The molecule has 9 heteroatoms. The summed E-state index contributed by atoms with van der Waals surface area (Å²) in [6, 6.07) is 3.92. The summed E-state index contributed by atoms with van der Waals surface area (Å²) in [5.74, 6) is -0.647. The number of sulfonamides is 1. The fraction of sp³-hybridized carbons (Fsp3) is 0.273. The van der Waals surface area contributed by atoms with Crippen LogP contribution < -0.4 is 10.0 Å². The average Bonchev–Trinajstić information content (AvgIpc) is 2.92. The number of halogens is 1. The maximum Gasteiger partial charge on any atom is 0.243 e. The van der Waals surface area contributed by atoms with Crippen molar-refractivity contribution in [2.75, 3.05) is 7.05 Å². The van der Waals surface area contributed by atoms with Crippen molar-refractivity contribution in [3.05, 3.63) is 41.8 Å². The molecule has 2 aromatic rings. The molecule has 0 fully saturated rings. The number of rotatable bonds is 6. The van der Waals surface area contributed by atoms with E-state index in [2.05, 4.69) is 24.7 Å². The van der Waals surface area contributed by atoms with Crippen molar-refractivity contribution in [3.8, 4) is 0 Å². The molecule has 0 amide bonds. The largest absolute Gasteiger partial charge is 0.343 e. The van der Waals surface area contributed by atoms with E-state index in [1.54, 1.807) is 7.05 Å². The van der Waals surface area contributed by atoms with Crippen LogP contribution in [0.25, 0.3) is 0 Å². The number of nitrogens with zero attached hydrogens (tertiary/aromatic N) is 2. The Bertz CT molecular complexity index is 673. The molecule has 0 bridgehead atoms. The first-order valence-corrected chi connectivity index (χ1v) is 7.19. The number of nitrogens with one attached hydrogen (secondary N) is 2. The zero-order valence-corrected chi connectivity index (χ0v) is 11.4. The van der Waals surface area contributed by atoms with Gasteiger partial charge in [-0.3, -0.25) is 0 Å². The first-order valence-electron chi connectivity index (χ1n) is 5.71. The molecular weight excluding hydrogens is 287 g/mol. The minimum absolute atomic E-state index is 0.167. The third-order valence-electron chi connectivity index (χ3n) is 2.49. The zero-order valence-electron chi connectivity index (χ0n) is 10.6. The number of hydrogen-bond acceptors (Lipinski definition) is 6. The number of aromatic nitrogens is 2. The topological polar surface area (TPSA) is 97.1 Å². The third-order valence-corrected chi connectivity index (χ3v) is 3.91. The Hall–Kier alpha value is -1.84. The molecule has 108 valence electrons. The first kappa shape index (κ1) is 14.6. The monoisotopic (exact) mass is 300 g/mol. The Kier molecular flexibility index (Phi) is 4.42. The van der Waals surface area contributed by atoms with E-state index in [0.717, 1.165) is 12.5 Å². The van der Waals surface area contributed by atoms with Crippen LogP contribution in [0.2, 0.25) is 0 Å². The molecule has 0 atom stereocenters. The summed E-state index contributed by atoms with van der Waals surface area (Å²) in [4.78, 5) is 3.27. The summed E-state index contributed by atoms with van der Waals surface area (Å²) in [5, 5.41) is 6.33. The second-order valence-corrected chi connectivity index (χ2v) is 5.70. The molecule has 2 rings (SSSR count). The molecule has 20 heavy (non-hydrogen) atoms. The van der Waals surface area contributed by atoms with Crippen molar-refractivity contribution in [2.24, 2.45) is 0 Å². The maximum absolute atomic E-state index is 13.7. The normalized spacial score (nSPS) is 11.7. The average molecular weight is 300 g/mol. The lowest BCUT2D eigenvalue weighted by atomic mass is 10.2. The molecule has 0 radical (unpaired) electrons. The number of hydrogen-bond donors (Lipinski definition) is 2. The first-order chi connectivity index (χ1) is 9.53. The lowest BCUT2D eigenvalue weighted by molar-refractivity contribution is 0.409. The van der Waals surface area contributed by atoms with Crippen molar-refractivity contribution in [2.45, 2.75) is 18.0 Å². The molecule has 0 spiro atoms. The molecule has 7 nitrogen and oxygen atoms in total. The van der Waals surface area contributed by atoms with E-state index in [1.165, 1.54) is 12.1 Å². The zero-order chi connectivity index (χ0) is 14.6. The summed E-state index contributed by atoms with van der Waals surface area (Å²) in [7, 11) is -2.27. The number of benzene rings is 1. The van der Waals surface area contributed by atoms with E-state index >= 15 is 0 Å². The lowest BCUT2D eigenvalue weighted by Gasteiger charge is -2.08. The summed E-state index contributed by atoms with van der Waals surface area (Å²) >= 11 is 0. The van der Waals surface area contributed by atoms with Gasteiger partial charge in [0.05, 0.1) is 6.54 Å². The van der Waals surface area contributed by atoms with Gasteiger partial charge in [-0.2, -0.15) is 4.98 Å². The van der Waals surface area contributed by atoms with Crippen molar-refractivity contribution >= 4 is 10.0 Å². The molecular formula is C11H13FN4O3S. The standard InChI is InChI=1S/C11H13FN4O3S/c1-13-5-8-2-3-9(12)10(4-8)20(17,18)15-6-11-14-7-19-16-11/h2-4,7,13,15H,5-6H2,1H3. The van der Waals surface area contributed by atoms with Gasteiger partial charge in [-0.15, -0.1) is 0 Å². The Morgan fingerprint density at radius 2 is 2.15 bits per heavy atom. The van der Waals surface area contributed by atoms with Gasteiger partial charge in [-0.1, -0.05) is 11.2 Å². The third kappa shape index (κ3) is 3.38. The molecule has 0 aliphatic rings. The Morgan fingerprint density at radius 3 is 2.80 bits per heavy atom. The molecule has 1 aromatic carbocycles. The van der Waals surface area contributed by atoms with E-state index in [9.17, 15) is 12.8 Å².